The van der Waals surface area contributed by atoms with Gasteiger partial charge in [0.05, 0.1) is 22.7 Å². The third-order valence-electron chi connectivity index (χ3n) is 5.40. The number of hydrogen-bond donors (Lipinski definition) is 1. The van der Waals surface area contributed by atoms with Gasteiger partial charge in [-0.2, -0.15) is 0 Å². The van der Waals surface area contributed by atoms with Gasteiger partial charge in [-0.05, 0) is 48.7 Å². The molecule has 1 aromatic heterocycles. The molecule has 7 nitrogen and oxygen atoms in total. The monoisotopic (exact) mass is 526 g/mol. The van der Waals surface area contributed by atoms with Gasteiger partial charge < -0.3 is 15.0 Å². The number of esters is 1. The highest BCUT2D eigenvalue weighted by Crippen LogP contribution is 2.25. The predicted octanol–water partition coefficient (Wildman–Crippen LogP) is 6.10. The number of hydrogen-bond acceptors (Lipinski definition) is 6. The minimum absolute atomic E-state index is 0.115. The fourth-order valence-electron chi connectivity index (χ4n) is 3.50. The lowest BCUT2D eigenvalue weighted by atomic mass is 10.1. The van der Waals surface area contributed by atoms with Crippen LogP contribution >= 0.6 is 23.2 Å². The van der Waals surface area contributed by atoms with E-state index in [1.807, 2.05) is 30.3 Å². The van der Waals surface area contributed by atoms with Crippen molar-refractivity contribution in [1.29, 1.82) is 0 Å². The van der Waals surface area contributed by atoms with E-state index in [2.05, 4.69) is 27.1 Å². The summed E-state index contributed by atoms with van der Waals surface area (Å²) in [4.78, 5) is 35.9. The molecule has 0 saturated heterocycles. The van der Waals surface area contributed by atoms with Gasteiger partial charge in [0.15, 0.2) is 0 Å². The molecule has 2 aromatic carbocycles. The summed E-state index contributed by atoms with van der Waals surface area (Å²) in [5.41, 5.74) is 2.04. The average Bonchev–Trinajstić information content (AvgIpc) is 2.89. The number of carbonyl (C=O) groups is 2. The number of rotatable bonds is 11. The summed E-state index contributed by atoms with van der Waals surface area (Å²) in [6.45, 7) is 2.95. The first-order valence-electron chi connectivity index (χ1n) is 11.6. The molecule has 3 rings (SSSR count). The maximum absolute atomic E-state index is 12.7. The zero-order chi connectivity index (χ0) is 25.9. The first-order valence-corrected chi connectivity index (χ1v) is 12.3. The number of aromatic nitrogens is 2. The van der Waals surface area contributed by atoms with E-state index in [4.69, 9.17) is 27.9 Å². The van der Waals surface area contributed by atoms with Crippen LogP contribution in [0, 0.1) is 0 Å². The number of halogens is 2. The zero-order valence-corrected chi connectivity index (χ0v) is 21.7. The maximum atomic E-state index is 12.7. The van der Waals surface area contributed by atoms with Gasteiger partial charge in [0, 0.05) is 24.6 Å². The van der Waals surface area contributed by atoms with Crippen LogP contribution in [0.1, 0.15) is 42.1 Å². The smallest absolute Gasteiger partial charge is 0.328 e. The molecule has 0 aliphatic carbocycles. The molecule has 1 N–H and O–H groups in total. The number of nitrogens with one attached hydrogen (secondary N) is 1. The number of methoxy groups -OCH3 is 1. The van der Waals surface area contributed by atoms with Gasteiger partial charge in [-0.25, -0.2) is 14.8 Å². The van der Waals surface area contributed by atoms with Gasteiger partial charge in [-0.1, -0.05) is 66.9 Å². The molecule has 188 valence electrons. The van der Waals surface area contributed by atoms with E-state index in [-0.39, 0.29) is 22.0 Å². The van der Waals surface area contributed by atoms with Crippen molar-refractivity contribution in [2.75, 3.05) is 18.6 Å². The quantitative estimate of drug-likeness (QED) is 0.304. The molecule has 1 unspecified atom stereocenters. The average molecular weight is 527 g/mol. The third kappa shape index (κ3) is 7.29. The maximum Gasteiger partial charge on any atom is 0.328 e. The number of benzene rings is 2. The van der Waals surface area contributed by atoms with Crippen LogP contribution in [0.4, 0.5) is 11.6 Å². The minimum atomic E-state index is -0.898. The Morgan fingerprint density at radius 2 is 1.72 bits per heavy atom. The van der Waals surface area contributed by atoms with E-state index in [9.17, 15) is 9.59 Å². The lowest BCUT2D eigenvalue weighted by molar-refractivity contribution is -0.142. The summed E-state index contributed by atoms with van der Waals surface area (Å²) in [6.07, 6.45) is 9.45. The summed E-state index contributed by atoms with van der Waals surface area (Å²) in [7, 11) is 1.27. The summed E-state index contributed by atoms with van der Waals surface area (Å²) in [6, 6.07) is 13.6. The second-order valence-electron chi connectivity index (χ2n) is 7.93. The standard InChI is InChI=1S/C27H28Cl2N4O3/c1-3-4-18-33(27-30-16-7-17-31-27)20-14-12-19(13-15-20)8-5-11-23(26(35)36-2)32-25(34)24-21(28)9-6-10-22(24)29/h5-10,12-17,23H,3-4,11,18H2,1-2H3,(H,32,34). The van der Waals surface area contributed by atoms with Crippen LogP contribution in [-0.2, 0) is 9.53 Å². The van der Waals surface area contributed by atoms with Gasteiger partial charge in [0.25, 0.3) is 5.91 Å². The lowest BCUT2D eigenvalue weighted by Gasteiger charge is -2.22. The van der Waals surface area contributed by atoms with E-state index in [1.165, 1.54) is 7.11 Å². The molecule has 0 aliphatic rings. The topological polar surface area (TPSA) is 84.4 Å². The van der Waals surface area contributed by atoms with Crippen LogP contribution in [0.3, 0.4) is 0 Å². The molecule has 0 aliphatic heterocycles. The molecule has 9 heteroatoms. The Balaban J connectivity index is 1.69. The van der Waals surface area contributed by atoms with Gasteiger partial charge in [-0.3, -0.25) is 4.79 Å². The van der Waals surface area contributed by atoms with Crippen molar-refractivity contribution in [3.63, 3.8) is 0 Å². The molecule has 0 fully saturated rings. The zero-order valence-electron chi connectivity index (χ0n) is 20.2. The van der Waals surface area contributed by atoms with Crippen molar-refractivity contribution in [2.45, 2.75) is 32.2 Å². The van der Waals surface area contributed by atoms with Gasteiger partial charge in [0.1, 0.15) is 6.04 Å². The Hall–Kier alpha value is -3.42. The van der Waals surface area contributed by atoms with Crippen molar-refractivity contribution < 1.29 is 14.3 Å². The molecule has 0 bridgehead atoms. The van der Waals surface area contributed by atoms with Crippen LogP contribution < -0.4 is 10.2 Å². The first-order chi connectivity index (χ1) is 17.4. The molecule has 0 saturated carbocycles. The number of amides is 1. The van der Waals surface area contributed by atoms with Crippen molar-refractivity contribution >= 4 is 52.8 Å². The third-order valence-corrected chi connectivity index (χ3v) is 6.03. The Morgan fingerprint density at radius 3 is 2.33 bits per heavy atom. The first kappa shape index (κ1) is 27.2. The van der Waals surface area contributed by atoms with Crippen molar-refractivity contribution in [3.05, 3.63) is 88.2 Å². The van der Waals surface area contributed by atoms with Gasteiger partial charge in [-0.15, -0.1) is 0 Å². The van der Waals surface area contributed by atoms with E-state index >= 15 is 0 Å². The highest BCUT2D eigenvalue weighted by atomic mass is 35.5. The second kappa shape index (κ2) is 13.6. The van der Waals surface area contributed by atoms with Crippen LogP contribution in [0.2, 0.25) is 10.0 Å². The lowest BCUT2D eigenvalue weighted by Crippen LogP contribution is -2.41. The molecular weight excluding hydrogens is 499 g/mol. The van der Waals surface area contributed by atoms with E-state index in [0.717, 1.165) is 30.6 Å². The highest BCUT2D eigenvalue weighted by Gasteiger charge is 2.23. The minimum Gasteiger partial charge on any atom is -0.467 e. The van der Waals surface area contributed by atoms with Crippen LogP contribution in [-0.4, -0.2) is 41.5 Å². The molecule has 1 amide bonds. The van der Waals surface area contributed by atoms with Crippen LogP contribution in [0.5, 0.6) is 0 Å². The van der Waals surface area contributed by atoms with Crippen molar-refractivity contribution in [1.82, 2.24) is 15.3 Å². The Bertz CT molecular complexity index is 1170. The number of carbonyl (C=O) groups excluding carboxylic acids is 2. The fourth-order valence-corrected chi connectivity index (χ4v) is 4.07. The number of ether oxygens (including phenoxy) is 1. The van der Waals surface area contributed by atoms with Crippen LogP contribution in [0.15, 0.2) is 67.0 Å². The largest absolute Gasteiger partial charge is 0.467 e. The Labute approximate surface area is 221 Å². The highest BCUT2D eigenvalue weighted by molar-refractivity contribution is 6.39. The number of nitrogens with zero attached hydrogens (tertiary/aromatic N) is 3. The molecule has 1 heterocycles. The van der Waals surface area contributed by atoms with E-state index < -0.39 is 17.9 Å². The summed E-state index contributed by atoms with van der Waals surface area (Å²) < 4.78 is 4.86. The second-order valence-corrected chi connectivity index (χ2v) is 8.74. The molecular formula is C27H28Cl2N4O3. The Kier molecular flexibility index (Phi) is 10.3. The Morgan fingerprint density at radius 1 is 1.06 bits per heavy atom. The predicted molar refractivity (Wildman–Crippen MR) is 144 cm³/mol. The van der Waals surface area contributed by atoms with Crippen molar-refractivity contribution in [2.24, 2.45) is 0 Å². The van der Waals surface area contributed by atoms with Gasteiger partial charge in [0.2, 0.25) is 5.95 Å². The normalized spacial score (nSPS) is 11.8. The van der Waals surface area contributed by atoms with Gasteiger partial charge >= 0.3 is 5.97 Å². The van der Waals surface area contributed by atoms with E-state index in [1.54, 1.807) is 42.7 Å². The summed E-state index contributed by atoms with van der Waals surface area (Å²) in [5.74, 6) is -0.459. The fraction of sp³-hybridized carbons (Fsp3) is 0.259. The summed E-state index contributed by atoms with van der Waals surface area (Å²) >= 11 is 12.2. The van der Waals surface area contributed by atoms with Crippen molar-refractivity contribution in [3.8, 4) is 0 Å². The van der Waals surface area contributed by atoms with E-state index in [0.29, 0.717) is 5.95 Å². The van der Waals surface area contributed by atoms with Crippen LogP contribution in [0.25, 0.3) is 6.08 Å². The number of anilines is 2. The summed E-state index contributed by atoms with van der Waals surface area (Å²) in [5, 5.41) is 3.06. The molecule has 3 aromatic rings. The molecule has 0 spiro atoms. The molecule has 0 radical (unpaired) electrons. The number of unbranched alkanes of at least 4 members (excludes halogenated alkanes) is 1. The molecule has 1 atom stereocenters. The molecule has 36 heavy (non-hydrogen) atoms. The SMILES string of the molecule is CCCCN(c1ccc(C=CCC(NC(=O)c2c(Cl)cccc2Cl)C(=O)OC)cc1)c1ncccn1.